The minimum Gasteiger partial charge on any atom is -0.465 e. The third-order valence-corrected chi connectivity index (χ3v) is 2.56. The van der Waals surface area contributed by atoms with E-state index in [9.17, 15) is 9.59 Å². The van der Waals surface area contributed by atoms with E-state index in [4.69, 9.17) is 11.6 Å². The van der Waals surface area contributed by atoms with Crippen molar-refractivity contribution < 1.29 is 19.1 Å². The predicted molar refractivity (Wildman–Crippen MR) is 58.9 cm³/mol. The predicted octanol–water partition coefficient (Wildman–Crippen LogP) is 2.22. The van der Waals surface area contributed by atoms with Crippen LogP contribution in [0.15, 0.2) is 12.1 Å². The first-order chi connectivity index (χ1) is 7.51. The Bertz CT molecular complexity index is 440. The summed E-state index contributed by atoms with van der Waals surface area (Å²) in [4.78, 5) is 22.7. The molecule has 0 heterocycles. The van der Waals surface area contributed by atoms with Gasteiger partial charge in [0.05, 0.1) is 25.3 Å². The zero-order chi connectivity index (χ0) is 12.3. The van der Waals surface area contributed by atoms with Crippen LogP contribution in [0, 0.1) is 6.92 Å². The Morgan fingerprint density at radius 3 is 2.19 bits per heavy atom. The van der Waals surface area contributed by atoms with Crippen molar-refractivity contribution in [3.63, 3.8) is 0 Å². The van der Waals surface area contributed by atoms with Crippen molar-refractivity contribution >= 4 is 23.5 Å². The molecule has 16 heavy (non-hydrogen) atoms. The maximum absolute atomic E-state index is 11.4. The lowest BCUT2D eigenvalue weighted by Gasteiger charge is -2.08. The highest BCUT2D eigenvalue weighted by atomic mass is 35.5. The number of hydrogen-bond donors (Lipinski definition) is 0. The lowest BCUT2D eigenvalue weighted by atomic mass is 10.0. The number of ether oxygens (including phenoxy) is 2. The fourth-order valence-electron chi connectivity index (χ4n) is 1.24. The molecule has 86 valence electrons. The van der Waals surface area contributed by atoms with E-state index < -0.39 is 11.9 Å². The first-order valence-electron chi connectivity index (χ1n) is 4.48. The molecule has 5 heteroatoms. The molecule has 0 unspecified atom stereocenters. The molecule has 4 nitrogen and oxygen atoms in total. The van der Waals surface area contributed by atoms with Crippen LogP contribution < -0.4 is 0 Å². The van der Waals surface area contributed by atoms with Crippen molar-refractivity contribution in [2.45, 2.75) is 6.92 Å². The van der Waals surface area contributed by atoms with Gasteiger partial charge in [-0.3, -0.25) is 0 Å². The Labute approximate surface area is 98.1 Å². The number of carbonyl (C=O) groups is 2. The van der Waals surface area contributed by atoms with Gasteiger partial charge < -0.3 is 9.47 Å². The summed E-state index contributed by atoms with van der Waals surface area (Å²) in [6, 6.07) is 2.86. The summed E-state index contributed by atoms with van der Waals surface area (Å²) in [5, 5.41) is 0.323. The van der Waals surface area contributed by atoms with Gasteiger partial charge in [-0.2, -0.15) is 0 Å². The molecule has 0 saturated heterocycles. The summed E-state index contributed by atoms with van der Waals surface area (Å²) in [6.45, 7) is 1.68. The summed E-state index contributed by atoms with van der Waals surface area (Å²) < 4.78 is 9.14. The van der Waals surface area contributed by atoms with E-state index >= 15 is 0 Å². The van der Waals surface area contributed by atoms with Crippen LogP contribution in [-0.4, -0.2) is 26.2 Å². The normalized spacial score (nSPS) is 9.75. The van der Waals surface area contributed by atoms with Gasteiger partial charge in [-0.05, 0) is 24.6 Å². The molecule has 0 atom stereocenters. The lowest BCUT2D eigenvalue weighted by Crippen LogP contribution is -2.08. The number of rotatable bonds is 2. The molecule has 0 radical (unpaired) electrons. The molecule has 1 aromatic carbocycles. The fraction of sp³-hybridized carbons (Fsp3) is 0.273. The molecule has 0 aliphatic carbocycles. The second kappa shape index (κ2) is 4.99. The second-order valence-electron chi connectivity index (χ2n) is 3.11. The molecule has 0 aliphatic rings. The molecule has 0 aromatic heterocycles. The van der Waals surface area contributed by atoms with Crippen LogP contribution in [0.1, 0.15) is 26.3 Å². The van der Waals surface area contributed by atoms with Gasteiger partial charge in [0.1, 0.15) is 0 Å². The van der Waals surface area contributed by atoms with Gasteiger partial charge in [0, 0.05) is 5.02 Å². The Hall–Kier alpha value is -1.55. The average Bonchev–Trinajstić information content (AvgIpc) is 2.30. The minimum absolute atomic E-state index is 0.221. The van der Waals surface area contributed by atoms with E-state index in [1.165, 1.54) is 26.4 Å². The van der Waals surface area contributed by atoms with E-state index in [2.05, 4.69) is 9.47 Å². The summed E-state index contributed by atoms with van der Waals surface area (Å²) in [7, 11) is 2.52. The largest absolute Gasteiger partial charge is 0.465 e. The number of hydrogen-bond acceptors (Lipinski definition) is 4. The third kappa shape index (κ3) is 2.33. The summed E-state index contributed by atoms with van der Waals surface area (Å²) in [6.07, 6.45) is 0. The highest BCUT2D eigenvalue weighted by Gasteiger charge is 2.16. The maximum atomic E-state index is 11.4. The Kier molecular flexibility index (Phi) is 3.90. The van der Waals surface area contributed by atoms with Crippen molar-refractivity contribution in [1.29, 1.82) is 0 Å². The molecule has 1 rings (SSSR count). The number of methoxy groups -OCH3 is 2. The molecule has 0 aliphatic heterocycles. The van der Waals surface area contributed by atoms with Gasteiger partial charge >= 0.3 is 11.9 Å². The van der Waals surface area contributed by atoms with Gasteiger partial charge in [0.25, 0.3) is 0 Å². The molecular formula is C11H11ClO4. The van der Waals surface area contributed by atoms with E-state index in [0.717, 1.165) is 0 Å². The number of esters is 2. The van der Waals surface area contributed by atoms with Crippen molar-refractivity contribution in [3.05, 3.63) is 33.8 Å². The zero-order valence-electron chi connectivity index (χ0n) is 9.17. The van der Waals surface area contributed by atoms with E-state index in [-0.39, 0.29) is 11.1 Å². The minimum atomic E-state index is -0.549. The monoisotopic (exact) mass is 242 g/mol. The number of halogens is 1. The summed E-state index contributed by atoms with van der Waals surface area (Å²) in [5.41, 5.74) is 1.05. The molecule has 0 fully saturated rings. The van der Waals surface area contributed by atoms with Crippen molar-refractivity contribution in [3.8, 4) is 0 Å². The lowest BCUT2D eigenvalue weighted by molar-refractivity contribution is 0.0599. The van der Waals surface area contributed by atoms with Gasteiger partial charge in [0.2, 0.25) is 0 Å². The van der Waals surface area contributed by atoms with E-state index in [1.54, 1.807) is 6.92 Å². The quantitative estimate of drug-likeness (QED) is 0.747. The van der Waals surface area contributed by atoms with Crippen LogP contribution in [0.25, 0.3) is 0 Å². The Morgan fingerprint density at radius 1 is 1.12 bits per heavy atom. The molecular weight excluding hydrogens is 232 g/mol. The van der Waals surface area contributed by atoms with Gasteiger partial charge in [-0.1, -0.05) is 11.6 Å². The van der Waals surface area contributed by atoms with Gasteiger partial charge in [-0.15, -0.1) is 0 Å². The van der Waals surface area contributed by atoms with Crippen LogP contribution in [0.2, 0.25) is 5.02 Å². The topological polar surface area (TPSA) is 52.6 Å². The molecule has 0 N–H and O–H groups in total. The standard InChI is InChI=1S/C11H11ClO4/c1-6-8(11(14)16-3)4-7(5-9(6)12)10(13)15-2/h4-5H,1-3H3. The van der Waals surface area contributed by atoms with Crippen molar-refractivity contribution in [1.82, 2.24) is 0 Å². The van der Waals surface area contributed by atoms with Crippen LogP contribution in [0.5, 0.6) is 0 Å². The smallest absolute Gasteiger partial charge is 0.338 e. The van der Waals surface area contributed by atoms with Crippen LogP contribution in [-0.2, 0) is 9.47 Å². The highest BCUT2D eigenvalue weighted by molar-refractivity contribution is 6.32. The zero-order valence-corrected chi connectivity index (χ0v) is 9.92. The van der Waals surface area contributed by atoms with Gasteiger partial charge in [-0.25, -0.2) is 9.59 Å². The molecule has 0 amide bonds. The number of benzene rings is 1. The van der Waals surface area contributed by atoms with E-state index in [0.29, 0.717) is 10.6 Å². The summed E-state index contributed by atoms with van der Waals surface area (Å²) >= 11 is 5.91. The first-order valence-corrected chi connectivity index (χ1v) is 4.85. The Morgan fingerprint density at radius 2 is 1.69 bits per heavy atom. The Balaban J connectivity index is 3.33. The van der Waals surface area contributed by atoms with Crippen LogP contribution in [0.3, 0.4) is 0 Å². The first kappa shape index (κ1) is 12.5. The maximum Gasteiger partial charge on any atom is 0.338 e. The van der Waals surface area contributed by atoms with Crippen molar-refractivity contribution in [2.75, 3.05) is 14.2 Å². The van der Waals surface area contributed by atoms with Crippen LogP contribution >= 0.6 is 11.6 Å². The van der Waals surface area contributed by atoms with E-state index in [1.807, 2.05) is 0 Å². The number of carbonyl (C=O) groups excluding carboxylic acids is 2. The van der Waals surface area contributed by atoms with Crippen LogP contribution in [0.4, 0.5) is 0 Å². The fourth-order valence-corrected chi connectivity index (χ4v) is 1.46. The third-order valence-electron chi connectivity index (χ3n) is 2.17. The summed E-state index contributed by atoms with van der Waals surface area (Å²) in [5.74, 6) is -1.09. The van der Waals surface area contributed by atoms with Crippen molar-refractivity contribution in [2.24, 2.45) is 0 Å². The second-order valence-corrected chi connectivity index (χ2v) is 3.52. The molecule has 0 bridgehead atoms. The molecule has 0 spiro atoms. The average molecular weight is 243 g/mol. The van der Waals surface area contributed by atoms with Gasteiger partial charge in [0.15, 0.2) is 0 Å². The molecule has 1 aromatic rings. The SMILES string of the molecule is COC(=O)c1cc(Cl)c(C)c(C(=O)OC)c1. The highest BCUT2D eigenvalue weighted by Crippen LogP contribution is 2.22. The molecule has 0 saturated carbocycles.